The molecule has 1 atom stereocenters. The van der Waals surface area contributed by atoms with Gasteiger partial charge in [0, 0.05) is 38.0 Å². The summed E-state index contributed by atoms with van der Waals surface area (Å²) < 4.78 is 66.2. The number of amides is 2. The van der Waals surface area contributed by atoms with Crippen molar-refractivity contribution in [2.24, 2.45) is 5.73 Å². The van der Waals surface area contributed by atoms with Crippen molar-refractivity contribution in [1.82, 2.24) is 29.3 Å². The number of benzene rings is 1. The number of nitrogens with one attached hydrogen (secondary N) is 1. The van der Waals surface area contributed by atoms with Crippen LogP contribution in [-0.2, 0) is 9.59 Å². The number of carbonyl (C=O) groups is 2. The van der Waals surface area contributed by atoms with Gasteiger partial charge in [-0.2, -0.15) is 13.2 Å². The van der Waals surface area contributed by atoms with Crippen molar-refractivity contribution in [2.75, 3.05) is 33.2 Å². The third kappa shape index (κ3) is 8.08. The van der Waals surface area contributed by atoms with E-state index in [2.05, 4.69) is 20.7 Å². The molecule has 0 saturated carbocycles. The smallest absolute Gasteiger partial charge is 0.345 e. The van der Waals surface area contributed by atoms with E-state index in [0.29, 0.717) is 36.5 Å². The van der Waals surface area contributed by atoms with Crippen LogP contribution in [0.15, 0.2) is 35.5 Å². The van der Waals surface area contributed by atoms with E-state index in [1.165, 1.54) is 25.5 Å². The number of nitrogens with two attached hydrogens (primary N) is 1. The molecule has 2 aromatic heterocycles. The van der Waals surface area contributed by atoms with E-state index in [4.69, 9.17) is 0 Å². The van der Waals surface area contributed by atoms with Crippen LogP contribution in [-0.4, -0.2) is 81.0 Å². The third-order valence-electron chi connectivity index (χ3n) is 6.94. The van der Waals surface area contributed by atoms with Crippen LogP contribution in [0.3, 0.4) is 0 Å². The summed E-state index contributed by atoms with van der Waals surface area (Å²) in [6.45, 7) is -0.250. The number of fused-ring (bicyclic) bond motifs is 1. The Morgan fingerprint density at radius 1 is 1.12 bits per heavy atom. The lowest BCUT2D eigenvalue weighted by molar-refractivity contribution is -0.160. The molecule has 3 N–H and O–H groups in total. The highest BCUT2D eigenvalue weighted by Crippen LogP contribution is 2.31. The molecule has 224 valence electrons. The zero-order chi connectivity index (χ0) is 30.2. The maximum atomic E-state index is 13.8. The lowest BCUT2D eigenvalue weighted by atomic mass is 9.93. The first kappa shape index (κ1) is 31.6. The Morgan fingerprint density at radius 2 is 1.83 bits per heavy atom. The Hall–Kier alpha value is -3.88. The van der Waals surface area contributed by atoms with Crippen LogP contribution in [0, 0.1) is 11.6 Å². The number of H-pyrrole nitrogens is 1. The fourth-order valence-corrected chi connectivity index (χ4v) is 5.05. The van der Waals surface area contributed by atoms with E-state index < -0.39 is 36.2 Å². The first-order valence-electron chi connectivity index (χ1n) is 13.0. The Morgan fingerprint density at radius 3 is 2.49 bits per heavy atom. The maximum Gasteiger partial charge on any atom is 0.406 e. The number of aromatic nitrogens is 4. The van der Waals surface area contributed by atoms with Gasteiger partial charge < -0.3 is 15.5 Å². The van der Waals surface area contributed by atoms with E-state index in [-0.39, 0.29) is 30.3 Å². The second kappa shape index (κ2) is 14.1. The van der Waals surface area contributed by atoms with Crippen molar-refractivity contribution in [3.63, 3.8) is 0 Å². The molecular weight excluding hydrogens is 553 g/mol. The lowest BCUT2D eigenvalue weighted by Crippen LogP contribution is -2.40. The van der Waals surface area contributed by atoms with Crippen LogP contribution in [0.5, 0.6) is 0 Å². The molecule has 41 heavy (non-hydrogen) atoms. The first-order chi connectivity index (χ1) is 19.6. The monoisotopic (exact) mass is 585 g/mol. The molecule has 2 aliphatic heterocycles. The number of rotatable bonds is 4. The molecule has 5 rings (SSSR count). The van der Waals surface area contributed by atoms with Crippen LogP contribution in [0.2, 0.25) is 0 Å². The molecule has 10 nitrogen and oxygen atoms in total. The van der Waals surface area contributed by atoms with Gasteiger partial charge in [-0.05, 0) is 44.4 Å². The van der Waals surface area contributed by atoms with Crippen LogP contribution in [0.1, 0.15) is 49.6 Å². The molecule has 4 heterocycles. The van der Waals surface area contributed by atoms with Gasteiger partial charge in [-0.1, -0.05) is 12.1 Å². The molecule has 0 aliphatic carbocycles. The Labute approximate surface area is 232 Å². The summed E-state index contributed by atoms with van der Waals surface area (Å²) in [7, 11) is 1.50. The Balaban J connectivity index is 0.000000214. The van der Waals surface area contributed by atoms with Crippen molar-refractivity contribution < 1.29 is 31.5 Å². The highest BCUT2D eigenvalue weighted by Gasteiger charge is 2.36. The molecule has 0 spiro atoms. The van der Waals surface area contributed by atoms with Gasteiger partial charge >= 0.3 is 11.9 Å². The molecular formula is C26H32F5N7O3. The largest absolute Gasteiger partial charge is 0.406 e. The number of nitrogens with zero attached hydrogens (tertiary/aromatic N) is 5. The number of hydrogen-bond acceptors (Lipinski definition) is 6. The first-order valence-corrected chi connectivity index (χ1v) is 13.0. The molecule has 15 heteroatoms. The van der Waals surface area contributed by atoms with E-state index >= 15 is 0 Å². The van der Waals surface area contributed by atoms with E-state index in [9.17, 15) is 36.3 Å². The summed E-state index contributed by atoms with van der Waals surface area (Å²) in [6, 6.07) is 3.72. The normalized spacial score (nSPS) is 18.2. The fourth-order valence-electron chi connectivity index (χ4n) is 5.05. The minimum absolute atomic E-state index is 0.0104. The summed E-state index contributed by atoms with van der Waals surface area (Å²) in [5.74, 6) is -3.32. The molecule has 2 amide bonds. The second-order valence-electron chi connectivity index (χ2n) is 9.55. The topological polar surface area (TPSA) is 130 Å². The van der Waals surface area contributed by atoms with E-state index in [1.54, 1.807) is 15.7 Å². The maximum absolute atomic E-state index is 13.8. The molecule has 2 fully saturated rings. The highest BCUT2D eigenvalue weighted by atomic mass is 19.4. The number of halogens is 5. The van der Waals surface area contributed by atoms with Gasteiger partial charge in [0.05, 0.1) is 6.20 Å². The highest BCUT2D eigenvalue weighted by molar-refractivity contribution is 5.76. The van der Waals surface area contributed by atoms with Crippen LogP contribution in [0.25, 0.3) is 11.2 Å². The van der Waals surface area contributed by atoms with Crippen molar-refractivity contribution in [1.29, 1.82) is 0 Å². The van der Waals surface area contributed by atoms with Crippen LogP contribution in [0.4, 0.5) is 22.0 Å². The SMILES string of the molecule is CN.O=C1CCCC(c2cccc(F)c2F)CN1CC(F)(F)F.O=CN1CCC(n2c(=O)[nH]c3ncncc32)CC1. The van der Waals surface area contributed by atoms with Crippen molar-refractivity contribution in [3.05, 3.63) is 58.4 Å². The van der Waals surface area contributed by atoms with Crippen molar-refractivity contribution in [3.8, 4) is 0 Å². The number of aromatic amines is 1. The average molecular weight is 586 g/mol. The van der Waals surface area contributed by atoms with Crippen LogP contribution < -0.4 is 11.4 Å². The second-order valence-corrected chi connectivity index (χ2v) is 9.55. The van der Waals surface area contributed by atoms with Gasteiger partial charge in [0.2, 0.25) is 12.3 Å². The van der Waals surface area contributed by atoms with Crippen molar-refractivity contribution in [2.45, 2.75) is 50.2 Å². The Kier molecular flexibility index (Phi) is 10.9. The van der Waals surface area contributed by atoms with Gasteiger partial charge in [0.1, 0.15) is 18.4 Å². The van der Waals surface area contributed by atoms with E-state index in [0.717, 1.165) is 30.8 Å². The number of hydrogen-bond donors (Lipinski definition) is 2. The minimum atomic E-state index is -4.51. The van der Waals surface area contributed by atoms with Gasteiger partial charge in [0.15, 0.2) is 17.3 Å². The summed E-state index contributed by atoms with van der Waals surface area (Å²) in [5.41, 5.74) is 5.66. The van der Waals surface area contributed by atoms with Gasteiger partial charge in [-0.3, -0.25) is 19.1 Å². The van der Waals surface area contributed by atoms with Gasteiger partial charge in [-0.15, -0.1) is 0 Å². The predicted molar refractivity (Wildman–Crippen MR) is 140 cm³/mol. The average Bonchev–Trinajstić information content (AvgIpc) is 3.19. The molecule has 1 aromatic carbocycles. The van der Waals surface area contributed by atoms with E-state index in [1.807, 2.05) is 0 Å². The predicted octanol–water partition coefficient (Wildman–Crippen LogP) is 3.11. The van der Waals surface area contributed by atoms with Crippen molar-refractivity contribution >= 4 is 23.5 Å². The standard InChI is InChI=1S/C14H14F5NO.C11H13N5O2.CH5N/c15-11-5-2-4-10(13(11)16)9-3-1-6-12(21)20(7-9)8-14(17,18)19;17-7-15-3-1-8(2-4-15)16-9-5-12-6-13-10(9)14-11(16)18;1-2/h2,4-5,9H,1,3,6-8H2;5-8H,1-4H2,(H,12,13,14,18);2H2,1H3. The summed E-state index contributed by atoms with van der Waals surface area (Å²) >= 11 is 0. The number of alkyl halides is 3. The summed E-state index contributed by atoms with van der Waals surface area (Å²) in [4.78, 5) is 47.4. The zero-order valence-electron chi connectivity index (χ0n) is 22.4. The minimum Gasteiger partial charge on any atom is -0.345 e. The summed E-state index contributed by atoms with van der Waals surface area (Å²) in [5, 5.41) is 0. The van der Waals surface area contributed by atoms with Gasteiger partial charge in [0.25, 0.3) is 0 Å². The molecule has 0 bridgehead atoms. The Bertz CT molecular complexity index is 1370. The van der Waals surface area contributed by atoms with Crippen LogP contribution >= 0.6 is 0 Å². The lowest BCUT2D eigenvalue weighted by Gasteiger charge is -2.29. The molecule has 2 saturated heterocycles. The summed E-state index contributed by atoms with van der Waals surface area (Å²) in [6.07, 6.45) is 1.66. The number of likely N-dealkylation sites (tertiary alicyclic amines) is 2. The fraction of sp³-hybridized carbons (Fsp3) is 0.500. The number of piperidine rings is 1. The van der Waals surface area contributed by atoms with Gasteiger partial charge in [-0.25, -0.2) is 23.5 Å². The molecule has 1 unspecified atom stereocenters. The molecule has 3 aromatic rings. The number of imidazole rings is 1. The molecule has 0 radical (unpaired) electrons. The number of carbonyl (C=O) groups excluding carboxylic acids is 2. The molecule has 2 aliphatic rings. The zero-order valence-corrected chi connectivity index (χ0v) is 22.4. The quantitative estimate of drug-likeness (QED) is 0.358. The third-order valence-corrected chi connectivity index (χ3v) is 6.94.